The van der Waals surface area contributed by atoms with Crippen LogP contribution < -0.4 is 5.32 Å². The maximum atomic E-state index is 13.0. The number of carbonyl (C=O) groups excluding carboxylic acids is 3. The van der Waals surface area contributed by atoms with Crippen LogP contribution in [-0.2, 0) is 21.9 Å². The maximum Gasteiger partial charge on any atom is 2.00 e. The summed E-state index contributed by atoms with van der Waals surface area (Å²) in [5.74, 6) is -0.312. The van der Waals surface area contributed by atoms with Gasteiger partial charge in [0.25, 0.3) is 11.8 Å². The summed E-state index contributed by atoms with van der Waals surface area (Å²) in [5.41, 5.74) is 1.24. The van der Waals surface area contributed by atoms with Crippen LogP contribution in [0, 0.1) is 63.8 Å². The van der Waals surface area contributed by atoms with Gasteiger partial charge in [-0.2, -0.15) is 0 Å². The van der Waals surface area contributed by atoms with Gasteiger partial charge >= 0.3 is 17.1 Å². The summed E-state index contributed by atoms with van der Waals surface area (Å²) in [4.78, 5) is 44.3. The molecule has 1 saturated heterocycles. The second kappa shape index (κ2) is 15.8. The number of hydrogen-bond donors (Lipinski definition) is 1. The number of hydrogen-bond acceptors (Lipinski definition) is 5. The first kappa shape index (κ1) is 31.7. The summed E-state index contributed by atoms with van der Waals surface area (Å²) >= 11 is 0. The van der Waals surface area contributed by atoms with Crippen LogP contribution in [0.4, 0.5) is 0 Å². The fourth-order valence-electron chi connectivity index (χ4n) is 5.44. The summed E-state index contributed by atoms with van der Waals surface area (Å²) in [6.07, 6.45) is 19.8. The summed E-state index contributed by atoms with van der Waals surface area (Å²) in [6, 6.07) is 12.1. The van der Waals surface area contributed by atoms with E-state index >= 15 is 0 Å². The minimum Gasteiger partial charge on any atom is -0.348 e. The minimum absolute atomic E-state index is 0. The topological polar surface area (TPSA) is 73.0 Å². The van der Waals surface area contributed by atoms with E-state index in [4.69, 9.17) is 0 Å². The number of nitrogens with zero attached hydrogens (tertiary/aromatic N) is 3. The number of benzene rings is 2. The molecule has 0 bridgehead atoms. The number of rotatable bonds is 9. The normalized spacial score (nSPS) is 19.7. The average Bonchev–Trinajstić information content (AvgIpc) is 3.72. The molecular formula is C33H36FeN4O3+2. The van der Waals surface area contributed by atoms with E-state index < -0.39 is 0 Å². The molecule has 0 aromatic heterocycles. The molecule has 0 unspecified atom stereocenters. The number of carbonyl (C=O) groups is 3. The van der Waals surface area contributed by atoms with Crippen LogP contribution in [0.1, 0.15) is 40.0 Å². The van der Waals surface area contributed by atoms with Gasteiger partial charge in [-0.15, -0.1) is 0 Å². The van der Waals surface area contributed by atoms with E-state index in [1.807, 2.05) is 94.2 Å². The van der Waals surface area contributed by atoms with Crippen molar-refractivity contribution in [2.45, 2.75) is 19.3 Å². The van der Waals surface area contributed by atoms with Crippen LogP contribution in [0.2, 0.25) is 0 Å². The van der Waals surface area contributed by atoms with Gasteiger partial charge in [0.05, 0.1) is 6.04 Å². The van der Waals surface area contributed by atoms with Gasteiger partial charge in [-0.25, -0.2) is 0 Å². The van der Waals surface area contributed by atoms with Gasteiger partial charge in [-0.1, -0.05) is 24.3 Å². The van der Waals surface area contributed by atoms with Gasteiger partial charge in [-0.3, -0.25) is 19.3 Å². The zero-order valence-corrected chi connectivity index (χ0v) is 24.3. The van der Waals surface area contributed by atoms with Crippen molar-refractivity contribution < 1.29 is 31.5 Å². The van der Waals surface area contributed by atoms with E-state index in [1.54, 1.807) is 0 Å². The van der Waals surface area contributed by atoms with Gasteiger partial charge in [0.15, 0.2) is 0 Å². The molecule has 2 aromatic rings. The summed E-state index contributed by atoms with van der Waals surface area (Å²) in [5, 5.41) is 4.63. The quantitative estimate of drug-likeness (QED) is 0.355. The molecule has 2 saturated carbocycles. The molecule has 6 rings (SSSR count). The van der Waals surface area contributed by atoms with E-state index in [9.17, 15) is 14.4 Å². The Bertz CT molecular complexity index is 1110. The van der Waals surface area contributed by atoms with E-state index in [-0.39, 0.29) is 34.8 Å². The smallest absolute Gasteiger partial charge is 0.348 e. The molecular weight excluding hydrogens is 556 g/mol. The van der Waals surface area contributed by atoms with Crippen molar-refractivity contribution in [1.82, 2.24) is 20.0 Å². The van der Waals surface area contributed by atoms with E-state index in [0.29, 0.717) is 24.1 Å². The van der Waals surface area contributed by atoms with E-state index in [1.165, 1.54) is 4.90 Å². The van der Waals surface area contributed by atoms with Crippen molar-refractivity contribution in [3.8, 4) is 0 Å². The van der Waals surface area contributed by atoms with Crippen LogP contribution in [-0.4, -0.2) is 78.2 Å². The molecule has 10 radical (unpaired) electrons. The molecule has 2 aliphatic heterocycles. The van der Waals surface area contributed by atoms with Crippen molar-refractivity contribution in [3.63, 3.8) is 0 Å². The Morgan fingerprint density at radius 3 is 1.73 bits per heavy atom. The first-order chi connectivity index (χ1) is 19.6. The largest absolute Gasteiger partial charge is 2.00 e. The first-order valence-corrected chi connectivity index (χ1v) is 14.1. The van der Waals surface area contributed by atoms with Crippen molar-refractivity contribution in [1.29, 1.82) is 0 Å². The molecule has 2 aliphatic carbocycles. The molecule has 2 aromatic carbocycles. The summed E-state index contributed by atoms with van der Waals surface area (Å²) in [6.45, 7) is 6.08. The number of imide groups is 1. The number of piperazine rings is 1. The van der Waals surface area contributed by atoms with Crippen LogP contribution in [0.15, 0.2) is 36.4 Å². The first-order valence-electron chi connectivity index (χ1n) is 14.1. The maximum absolute atomic E-state index is 13.0. The van der Waals surface area contributed by atoms with Gasteiger partial charge in [0.2, 0.25) is 5.91 Å². The molecule has 0 spiro atoms. The van der Waals surface area contributed by atoms with Crippen molar-refractivity contribution in [2.75, 3.05) is 45.8 Å². The van der Waals surface area contributed by atoms with Crippen molar-refractivity contribution >= 4 is 28.5 Å². The van der Waals surface area contributed by atoms with Crippen LogP contribution in [0.25, 0.3) is 10.8 Å². The second-order valence-electron chi connectivity index (χ2n) is 10.3. The molecule has 3 amide bonds. The zero-order valence-electron chi connectivity index (χ0n) is 23.2. The van der Waals surface area contributed by atoms with Gasteiger partial charge in [-0.05, 0) is 101 Å². The van der Waals surface area contributed by atoms with Gasteiger partial charge < -0.3 is 15.1 Å². The Hall–Kier alpha value is -2.25. The van der Waals surface area contributed by atoms with E-state index in [0.717, 1.165) is 68.9 Å². The van der Waals surface area contributed by atoms with Crippen LogP contribution in [0.3, 0.4) is 0 Å². The molecule has 212 valence electrons. The number of nitrogens with one attached hydrogen (secondary N) is 1. The Morgan fingerprint density at radius 1 is 0.683 bits per heavy atom. The Balaban J connectivity index is 0.000000584. The SMILES string of the molecule is O=C(CCCN1CCN(CCCN2C(=O)c3cccc4cccc(c34)C2=O)CC1)N[C]1[CH][CH][CH][CH]1.[CH]1[CH][CH][CH][CH]1.[Fe+2]. The molecule has 3 fully saturated rings. The molecule has 41 heavy (non-hydrogen) atoms. The predicted octanol–water partition coefficient (Wildman–Crippen LogP) is 3.72. The van der Waals surface area contributed by atoms with E-state index in [2.05, 4.69) is 15.1 Å². The third-order valence-electron chi connectivity index (χ3n) is 7.56. The fourth-order valence-corrected chi connectivity index (χ4v) is 5.44. The average molecular weight is 593 g/mol. The second-order valence-corrected chi connectivity index (χ2v) is 10.3. The summed E-state index contributed by atoms with van der Waals surface area (Å²) in [7, 11) is 0. The van der Waals surface area contributed by atoms with Crippen LogP contribution in [0.5, 0.6) is 0 Å². The third kappa shape index (κ3) is 8.41. The fraction of sp³-hybridized carbons (Fsp3) is 0.303. The zero-order chi connectivity index (χ0) is 27.7. The minimum atomic E-state index is -0.188. The molecule has 0 atom stereocenters. The number of amides is 3. The van der Waals surface area contributed by atoms with Crippen LogP contribution >= 0.6 is 0 Å². The van der Waals surface area contributed by atoms with Gasteiger partial charge in [0, 0.05) is 55.7 Å². The Labute approximate surface area is 255 Å². The Morgan fingerprint density at radius 2 is 1.20 bits per heavy atom. The third-order valence-corrected chi connectivity index (χ3v) is 7.56. The monoisotopic (exact) mass is 592 g/mol. The van der Waals surface area contributed by atoms with Crippen molar-refractivity contribution in [3.05, 3.63) is 111 Å². The standard InChI is InChI=1S/C28H31N4O3.C5H5.Fe/c33-25(29-22-9-1-2-10-22)13-5-14-30-17-19-31(20-18-30)15-6-16-32-27(34)23-11-3-7-21-8-4-12-24(26(21)23)28(32)35;1-2-4-5-3-1;/h1-4,7-12H,5-6,13-20H2,(H,29,33);1-5H;/q;;+2. The van der Waals surface area contributed by atoms with Crippen molar-refractivity contribution in [2.24, 2.45) is 0 Å². The molecule has 2 heterocycles. The molecule has 8 heteroatoms. The summed E-state index contributed by atoms with van der Waals surface area (Å²) < 4.78 is 0. The molecule has 4 aliphatic rings. The molecule has 7 nitrogen and oxygen atoms in total. The molecule has 1 N–H and O–H groups in total. The van der Waals surface area contributed by atoms with Gasteiger partial charge in [0.1, 0.15) is 0 Å². The predicted molar refractivity (Wildman–Crippen MR) is 156 cm³/mol. The Kier molecular flexibility index (Phi) is 12.2.